The van der Waals surface area contributed by atoms with Gasteiger partial charge in [0.15, 0.2) is 0 Å². The summed E-state index contributed by atoms with van der Waals surface area (Å²) in [6.07, 6.45) is 9.22. The van der Waals surface area contributed by atoms with Gasteiger partial charge in [0.2, 0.25) is 0 Å². The predicted octanol–water partition coefficient (Wildman–Crippen LogP) is 0.958. The predicted molar refractivity (Wildman–Crippen MR) is 121 cm³/mol. The maximum Gasteiger partial charge on any atom is 1.00 e. The summed E-state index contributed by atoms with van der Waals surface area (Å²) in [5.74, 6) is 0.459. The van der Waals surface area contributed by atoms with Gasteiger partial charge in [-0.05, 0) is 37.0 Å². The van der Waals surface area contributed by atoms with E-state index in [1.165, 1.54) is 44.1 Å². The van der Waals surface area contributed by atoms with Gasteiger partial charge in [-0.2, -0.15) is 0 Å². The maximum atomic E-state index is 10.4. The summed E-state index contributed by atoms with van der Waals surface area (Å²) in [5.41, 5.74) is 1.36. The summed E-state index contributed by atoms with van der Waals surface area (Å²) in [7, 11) is -4.15. The van der Waals surface area contributed by atoms with Crippen molar-refractivity contribution in [3.8, 4) is 5.75 Å². The third kappa shape index (κ3) is 20.4. The van der Waals surface area contributed by atoms with Crippen molar-refractivity contribution in [2.75, 3.05) is 52.0 Å². The first-order chi connectivity index (χ1) is 15.0. The fourth-order valence-corrected chi connectivity index (χ4v) is 3.43. The van der Waals surface area contributed by atoms with Gasteiger partial charge in [0.25, 0.3) is 0 Å². The van der Waals surface area contributed by atoms with Crippen molar-refractivity contribution in [1.82, 2.24) is 0 Å². The van der Waals surface area contributed by atoms with Crippen molar-refractivity contribution in [3.05, 3.63) is 29.8 Å². The molecule has 0 N–H and O–H groups in total. The van der Waals surface area contributed by atoms with Gasteiger partial charge < -0.3 is 23.5 Å². The molecule has 1 aromatic rings. The molecule has 180 valence electrons. The van der Waals surface area contributed by atoms with Crippen molar-refractivity contribution in [2.45, 2.75) is 58.3 Å². The van der Waals surface area contributed by atoms with Crippen LogP contribution in [0.5, 0.6) is 5.75 Å². The minimum Gasteiger partial charge on any atom is -0.748 e. The Morgan fingerprint density at radius 3 is 1.84 bits per heavy atom. The Balaban J connectivity index is 0.00000961. The summed E-state index contributed by atoms with van der Waals surface area (Å²) in [4.78, 5) is 0. The minimum atomic E-state index is -4.15. The van der Waals surface area contributed by atoms with E-state index in [4.69, 9.17) is 18.9 Å². The average molecular weight is 483 g/mol. The van der Waals surface area contributed by atoms with E-state index in [-0.39, 0.29) is 42.6 Å². The zero-order valence-electron chi connectivity index (χ0n) is 19.9. The number of rotatable bonds is 21. The second-order valence-corrected chi connectivity index (χ2v) is 8.99. The van der Waals surface area contributed by atoms with Crippen LogP contribution in [0.3, 0.4) is 0 Å². The zero-order chi connectivity index (χ0) is 22.6. The molecule has 0 fully saturated rings. The molecule has 0 saturated heterocycles. The molecule has 32 heavy (non-hydrogen) atoms. The van der Waals surface area contributed by atoms with Crippen LogP contribution >= 0.6 is 0 Å². The molecule has 0 saturated carbocycles. The molecule has 0 aliphatic rings. The Labute approximate surface area is 216 Å². The number of unbranched alkanes of at least 4 members (excludes halogenated alkanes) is 5. The van der Waals surface area contributed by atoms with Crippen molar-refractivity contribution in [2.24, 2.45) is 0 Å². The SMILES string of the molecule is CCCCCCCCc1ccc(OCCOCCOCCOCCCS(=O)(=O)[O-])cc1.[Na+]. The van der Waals surface area contributed by atoms with Gasteiger partial charge in [-0.25, -0.2) is 8.42 Å². The van der Waals surface area contributed by atoms with E-state index in [9.17, 15) is 13.0 Å². The molecule has 1 aromatic carbocycles. The first-order valence-electron chi connectivity index (χ1n) is 11.4. The van der Waals surface area contributed by atoms with E-state index in [2.05, 4.69) is 19.1 Å². The molecule has 0 aromatic heterocycles. The molecular weight excluding hydrogens is 443 g/mol. The molecule has 0 heterocycles. The summed E-state index contributed by atoms with van der Waals surface area (Å²) in [6, 6.07) is 8.31. The van der Waals surface area contributed by atoms with Crippen molar-refractivity contribution in [3.63, 3.8) is 0 Å². The molecule has 1 rings (SSSR count). The molecule has 0 atom stereocenters. The first kappa shape index (κ1) is 31.8. The maximum absolute atomic E-state index is 10.4. The van der Waals surface area contributed by atoms with Gasteiger partial charge in [0.1, 0.15) is 12.4 Å². The van der Waals surface area contributed by atoms with Gasteiger partial charge in [-0.1, -0.05) is 51.2 Å². The quantitative estimate of drug-likeness (QED) is 0.146. The van der Waals surface area contributed by atoms with Crippen LogP contribution < -0.4 is 34.3 Å². The van der Waals surface area contributed by atoms with E-state index in [0.29, 0.717) is 39.6 Å². The molecular formula is C23H39NaO7S. The average Bonchev–Trinajstić information content (AvgIpc) is 2.74. The number of benzene rings is 1. The normalized spacial score (nSPS) is 11.3. The summed E-state index contributed by atoms with van der Waals surface area (Å²) in [5, 5.41) is 0. The van der Waals surface area contributed by atoms with Gasteiger partial charge in [0, 0.05) is 12.4 Å². The Kier molecular flexibility index (Phi) is 21.2. The van der Waals surface area contributed by atoms with Crippen molar-refractivity contribution >= 4 is 10.1 Å². The Bertz CT molecular complexity index is 638. The van der Waals surface area contributed by atoms with E-state index >= 15 is 0 Å². The van der Waals surface area contributed by atoms with Crippen LogP contribution in [0.2, 0.25) is 0 Å². The summed E-state index contributed by atoms with van der Waals surface area (Å²) < 4.78 is 52.9. The first-order valence-corrected chi connectivity index (χ1v) is 13.0. The van der Waals surface area contributed by atoms with Crippen molar-refractivity contribution in [1.29, 1.82) is 0 Å². The van der Waals surface area contributed by atoms with Gasteiger partial charge >= 0.3 is 29.6 Å². The molecule has 0 aliphatic heterocycles. The van der Waals surface area contributed by atoms with Crippen LogP contribution in [0.25, 0.3) is 0 Å². The Hall–Kier alpha value is -0.190. The van der Waals surface area contributed by atoms with E-state index < -0.39 is 15.9 Å². The molecule has 0 bridgehead atoms. The number of hydrogen-bond donors (Lipinski definition) is 0. The summed E-state index contributed by atoms with van der Waals surface area (Å²) in [6.45, 7) is 5.13. The van der Waals surface area contributed by atoms with E-state index in [0.717, 1.165) is 12.2 Å². The van der Waals surface area contributed by atoms with Gasteiger partial charge in [-0.15, -0.1) is 0 Å². The Morgan fingerprint density at radius 2 is 1.25 bits per heavy atom. The topological polar surface area (TPSA) is 94.1 Å². The third-order valence-corrected chi connectivity index (χ3v) is 5.45. The fourth-order valence-electron chi connectivity index (χ4n) is 2.96. The van der Waals surface area contributed by atoms with Crippen LogP contribution in [0, 0.1) is 0 Å². The molecule has 0 amide bonds. The molecule has 0 unspecified atom stereocenters. The smallest absolute Gasteiger partial charge is 0.748 e. The van der Waals surface area contributed by atoms with Gasteiger partial charge in [0.05, 0.1) is 43.2 Å². The third-order valence-electron chi connectivity index (χ3n) is 4.67. The largest absolute Gasteiger partial charge is 1.00 e. The molecule has 0 aliphatic carbocycles. The second kappa shape index (κ2) is 21.4. The standard InChI is InChI=1S/C23H40O7S.Na/c1-2-3-4-5-6-7-9-22-10-12-23(13-11-22)30-20-19-29-18-17-28-16-15-27-14-8-21-31(24,25)26;/h10-13H,2-9,14-21H2,1H3,(H,24,25,26);/q;+1/p-1. The van der Waals surface area contributed by atoms with Crippen molar-refractivity contribution < 1.29 is 61.5 Å². The zero-order valence-corrected chi connectivity index (χ0v) is 22.7. The van der Waals surface area contributed by atoms with E-state index in [1.54, 1.807) is 0 Å². The minimum absolute atomic E-state index is 0. The monoisotopic (exact) mass is 482 g/mol. The van der Waals surface area contributed by atoms with Crippen LogP contribution in [0.15, 0.2) is 24.3 Å². The number of ether oxygens (including phenoxy) is 4. The van der Waals surface area contributed by atoms with Crippen LogP contribution in [-0.4, -0.2) is 65.0 Å². The molecule has 9 heteroatoms. The van der Waals surface area contributed by atoms with Crippen LogP contribution in [0.1, 0.15) is 57.4 Å². The second-order valence-electron chi connectivity index (χ2n) is 7.46. The molecule has 0 spiro atoms. The fraction of sp³-hybridized carbons (Fsp3) is 0.739. The van der Waals surface area contributed by atoms with E-state index in [1.807, 2.05) is 12.1 Å². The number of hydrogen-bond acceptors (Lipinski definition) is 7. The Morgan fingerprint density at radius 1 is 0.719 bits per heavy atom. The number of aryl methyl sites for hydroxylation is 1. The molecule has 7 nitrogen and oxygen atoms in total. The van der Waals surface area contributed by atoms with Crippen LogP contribution in [0.4, 0.5) is 0 Å². The van der Waals surface area contributed by atoms with Gasteiger partial charge in [-0.3, -0.25) is 0 Å². The van der Waals surface area contributed by atoms with Crippen LogP contribution in [-0.2, 0) is 30.7 Å². The summed E-state index contributed by atoms with van der Waals surface area (Å²) >= 11 is 0. The molecule has 0 radical (unpaired) electrons.